The highest BCUT2D eigenvalue weighted by Gasteiger charge is 2.23. The number of benzene rings is 1. The highest BCUT2D eigenvalue weighted by molar-refractivity contribution is 9.10. The molecule has 0 bridgehead atoms. The van der Waals surface area contributed by atoms with Crippen molar-refractivity contribution in [2.24, 2.45) is 0 Å². The van der Waals surface area contributed by atoms with Crippen molar-refractivity contribution in [2.45, 2.75) is 19.4 Å². The molecule has 0 saturated heterocycles. The summed E-state index contributed by atoms with van der Waals surface area (Å²) in [6.07, 6.45) is -0.537. The molecule has 1 aliphatic rings. The Kier molecular flexibility index (Phi) is 4.66. The van der Waals surface area contributed by atoms with Crippen LogP contribution >= 0.6 is 15.9 Å². The van der Waals surface area contributed by atoms with Crippen molar-refractivity contribution in [3.63, 3.8) is 0 Å². The van der Waals surface area contributed by atoms with Gasteiger partial charge in [-0.2, -0.15) is 0 Å². The first-order chi connectivity index (χ1) is 9.13. The lowest BCUT2D eigenvalue weighted by Crippen LogP contribution is -2.15. The third-order valence-corrected chi connectivity index (χ3v) is 3.24. The van der Waals surface area contributed by atoms with Crippen LogP contribution < -0.4 is 9.47 Å². The van der Waals surface area contributed by atoms with E-state index in [1.165, 1.54) is 0 Å². The number of aliphatic hydroxyl groups excluding tert-OH is 1. The van der Waals surface area contributed by atoms with E-state index in [9.17, 15) is 9.90 Å². The van der Waals surface area contributed by atoms with Crippen LogP contribution in [0.5, 0.6) is 11.5 Å². The van der Waals surface area contributed by atoms with Crippen LogP contribution in [0.3, 0.4) is 0 Å². The van der Waals surface area contributed by atoms with Gasteiger partial charge < -0.3 is 19.3 Å². The number of carbonyl (C=O) groups is 1. The van der Waals surface area contributed by atoms with E-state index in [1.54, 1.807) is 19.1 Å². The Morgan fingerprint density at radius 1 is 1.47 bits per heavy atom. The van der Waals surface area contributed by atoms with Gasteiger partial charge in [0.2, 0.25) is 0 Å². The fourth-order valence-electron chi connectivity index (χ4n) is 1.77. The molecule has 0 amide bonds. The van der Waals surface area contributed by atoms with E-state index in [4.69, 9.17) is 14.2 Å². The fraction of sp³-hybridized carbons (Fsp3) is 0.462. The van der Waals surface area contributed by atoms with E-state index in [0.717, 1.165) is 6.42 Å². The summed E-state index contributed by atoms with van der Waals surface area (Å²) < 4.78 is 16.5. The molecule has 0 aromatic heterocycles. The molecule has 0 aliphatic carbocycles. The van der Waals surface area contributed by atoms with Gasteiger partial charge in [0.1, 0.15) is 0 Å². The van der Waals surface area contributed by atoms with Crippen molar-refractivity contribution in [3.05, 3.63) is 22.2 Å². The van der Waals surface area contributed by atoms with Crippen LogP contribution in [0.4, 0.5) is 0 Å². The van der Waals surface area contributed by atoms with Crippen LogP contribution in [0.1, 0.15) is 25.0 Å². The smallest absolute Gasteiger partial charge is 0.339 e. The Bertz CT molecular complexity index is 474. The summed E-state index contributed by atoms with van der Waals surface area (Å²) in [6.45, 7) is 3.03. The number of rotatable bonds is 3. The molecule has 1 unspecified atom stereocenters. The number of fused-ring (bicyclic) bond motifs is 1. The van der Waals surface area contributed by atoms with Crippen LogP contribution in [0.15, 0.2) is 16.6 Å². The molecule has 19 heavy (non-hydrogen) atoms. The van der Waals surface area contributed by atoms with Gasteiger partial charge in [0, 0.05) is 6.42 Å². The lowest BCUT2D eigenvalue weighted by Gasteiger charge is -2.14. The Hall–Kier alpha value is -1.27. The number of aliphatic hydroxyl groups is 1. The van der Waals surface area contributed by atoms with Crippen molar-refractivity contribution >= 4 is 21.9 Å². The predicted octanol–water partition coefficient (Wildman–Crippen LogP) is 2.21. The standard InChI is InChI=1S/C13H15BrO5/c1-2-17-13(16)11(15)8-6-9(14)12-10(7-8)18-4-3-5-19-12/h6-7,11,15H,2-5H2,1H3. The van der Waals surface area contributed by atoms with Gasteiger partial charge in [0.25, 0.3) is 0 Å². The molecule has 1 atom stereocenters. The van der Waals surface area contributed by atoms with Crippen LogP contribution in [-0.2, 0) is 9.53 Å². The summed E-state index contributed by atoms with van der Waals surface area (Å²) in [6, 6.07) is 3.24. The summed E-state index contributed by atoms with van der Waals surface area (Å²) in [4.78, 5) is 11.5. The van der Waals surface area contributed by atoms with Gasteiger partial charge >= 0.3 is 5.97 Å². The predicted molar refractivity (Wildman–Crippen MR) is 71.3 cm³/mol. The third-order valence-electron chi connectivity index (χ3n) is 2.65. The van der Waals surface area contributed by atoms with Crippen LogP contribution in [0.25, 0.3) is 0 Å². The number of halogens is 1. The molecule has 1 aromatic carbocycles. The van der Waals surface area contributed by atoms with E-state index in [-0.39, 0.29) is 6.61 Å². The molecule has 1 heterocycles. The van der Waals surface area contributed by atoms with Crippen molar-refractivity contribution in [2.75, 3.05) is 19.8 Å². The lowest BCUT2D eigenvalue weighted by atomic mass is 10.1. The molecular weight excluding hydrogens is 316 g/mol. The fourth-order valence-corrected chi connectivity index (χ4v) is 2.34. The molecule has 5 nitrogen and oxygen atoms in total. The average molecular weight is 331 g/mol. The van der Waals surface area contributed by atoms with E-state index < -0.39 is 12.1 Å². The highest BCUT2D eigenvalue weighted by atomic mass is 79.9. The molecule has 0 fully saturated rings. The number of hydrogen-bond donors (Lipinski definition) is 1. The molecule has 1 aliphatic heterocycles. The maximum absolute atomic E-state index is 11.5. The molecular formula is C13H15BrO5. The average Bonchev–Trinajstić information content (AvgIpc) is 2.63. The Labute approximate surface area is 119 Å². The van der Waals surface area contributed by atoms with Crippen LogP contribution in [0.2, 0.25) is 0 Å². The second-order valence-corrected chi connectivity index (χ2v) is 4.89. The Morgan fingerprint density at radius 2 is 2.21 bits per heavy atom. The van der Waals surface area contributed by atoms with Gasteiger partial charge in [0.05, 0.1) is 24.3 Å². The van der Waals surface area contributed by atoms with Crippen molar-refractivity contribution < 1.29 is 24.1 Å². The van der Waals surface area contributed by atoms with Gasteiger partial charge in [-0.05, 0) is 40.5 Å². The first-order valence-electron chi connectivity index (χ1n) is 6.07. The summed E-state index contributed by atoms with van der Waals surface area (Å²) in [5.41, 5.74) is 0.412. The highest BCUT2D eigenvalue weighted by Crippen LogP contribution is 2.39. The molecule has 0 spiro atoms. The first-order valence-corrected chi connectivity index (χ1v) is 6.86. The monoisotopic (exact) mass is 330 g/mol. The SMILES string of the molecule is CCOC(=O)C(O)c1cc(Br)c2c(c1)OCCCO2. The lowest BCUT2D eigenvalue weighted by molar-refractivity contribution is -0.153. The van der Waals surface area contributed by atoms with Crippen LogP contribution in [0, 0.1) is 0 Å². The quantitative estimate of drug-likeness (QED) is 0.861. The van der Waals surface area contributed by atoms with Crippen LogP contribution in [-0.4, -0.2) is 30.9 Å². The van der Waals surface area contributed by atoms with Crippen molar-refractivity contribution in [1.82, 2.24) is 0 Å². The minimum atomic E-state index is -1.33. The van der Waals surface area contributed by atoms with Crippen molar-refractivity contribution in [1.29, 1.82) is 0 Å². The summed E-state index contributed by atoms with van der Waals surface area (Å²) >= 11 is 3.36. The van der Waals surface area contributed by atoms with Gasteiger partial charge in [-0.15, -0.1) is 0 Å². The van der Waals surface area contributed by atoms with E-state index in [0.29, 0.717) is 34.7 Å². The molecule has 1 N–H and O–H groups in total. The van der Waals surface area contributed by atoms with E-state index in [1.807, 2.05) is 0 Å². The second kappa shape index (κ2) is 6.25. The van der Waals surface area contributed by atoms with E-state index in [2.05, 4.69) is 15.9 Å². The minimum absolute atomic E-state index is 0.224. The second-order valence-electron chi connectivity index (χ2n) is 4.04. The topological polar surface area (TPSA) is 65.0 Å². The molecule has 1 aromatic rings. The largest absolute Gasteiger partial charge is 0.490 e. The van der Waals surface area contributed by atoms with Gasteiger partial charge in [-0.3, -0.25) is 0 Å². The van der Waals surface area contributed by atoms with E-state index >= 15 is 0 Å². The first kappa shape index (κ1) is 14.1. The molecule has 6 heteroatoms. The minimum Gasteiger partial charge on any atom is -0.490 e. The van der Waals surface area contributed by atoms with Gasteiger partial charge in [-0.1, -0.05) is 0 Å². The Morgan fingerprint density at radius 3 is 2.95 bits per heavy atom. The normalized spacial score (nSPS) is 15.5. The molecule has 0 radical (unpaired) electrons. The van der Waals surface area contributed by atoms with Gasteiger partial charge in [0.15, 0.2) is 17.6 Å². The zero-order valence-electron chi connectivity index (χ0n) is 10.5. The number of carbonyl (C=O) groups excluding carboxylic acids is 1. The Balaban J connectivity index is 2.30. The number of ether oxygens (including phenoxy) is 3. The summed E-state index contributed by atoms with van der Waals surface area (Å²) in [7, 11) is 0. The maximum atomic E-state index is 11.5. The molecule has 104 valence electrons. The number of hydrogen-bond acceptors (Lipinski definition) is 5. The number of esters is 1. The third kappa shape index (κ3) is 3.19. The zero-order chi connectivity index (χ0) is 13.8. The zero-order valence-corrected chi connectivity index (χ0v) is 12.1. The maximum Gasteiger partial charge on any atom is 0.339 e. The van der Waals surface area contributed by atoms with Gasteiger partial charge in [-0.25, -0.2) is 4.79 Å². The summed E-state index contributed by atoms with van der Waals surface area (Å²) in [5, 5.41) is 9.92. The molecule has 0 saturated carbocycles. The summed E-state index contributed by atoms with van der Waals surface area (Å²) in [5.74, 6) is 0.437. The van der Waals surface area contributed by atoms with Crippen molar-refractivity contribution in [3.8, 4) is 11.5 Å². The molecule has 2 rings (SSSR count).